The minimum atomic E-state index is 0.315. The highest BCUT2D eigenvalue weighted by Gasteiger charge is 2.22. The first-order chi connectivity index (χ1) is 8.22. The van der Waals surface area contributed by atoms with Crippen LogP contribution in [0.2, 0.25) is 0 Å². The predicted molar refractivity (Wildman–Crippen MR) is 75.2 cm³/mol. The molecule has 1 heterocycles. The Morgan fingerprint density at radius 1 is 1.53 bits per heavy atom. The summed E-state index contributed by atoms with van der Waals surface area (Å²) in [4.78, 5) is 0. The Morgan fingerprint density at radius 3 is 2.76 bits per heavy atom. The summed E-state index contributed by atoms with van der Waals surface area (Å²) in [6.45, 7) is 0. The molecule has 0 spiro atoms. The van der Waals surface area contributed by atoms with Gasteiger partial charge in [0.05, 0.1) is 11.7 Å². The molecule has 4 nitrogen and oxygen atoms in total. The number of aryl methyl sites for hydroxylation is 1. The summed E-state index contributed by atoms with van der Waals surface area (Å²) in [6.07, 6.45) is 5.56. The van der Waals surface area contributed by atoms with Crippen LogP contribution in [0, 0.1) is 0 Å². The number of nitrogens with zero attached hydrogens (tertiary/aromatic N) is 3. The molecule has 1 unspecified atom stereocenters. The average molecular weight is 319 g/mol. The van der Waals surface area contributed by atoms with Gasteiger partial charge >= 0.3 is 0 Å². The first-order valence-corrected chi connectivity index (χ1v) is 7.90. The summed E-state index contributed by atoms with van der Waals surface area (Å²) in [5.74, 6) is 1.08. The quantitative estimate of drug-likeness (QED) is 0.906. The zero-order valence-electron chi connectivity index (χ0n) is 10.3. The first kappa shape index (κ1) is 13.4. The van der Waals surface area contributed by atoms with Gasteiger partial charge in [-0.1, -0.05) is 18.1 Å². The van der Waals surface area contributed by atoms with Crippen molar-refractivity contribution in [3.05, 3.63) is 10.3 Å². The number of rotatable bonds is 5. The van der Waals surface area contributed by atoms with Crippen molar-refractivity contribution in [2.45, 2.75) is 37.0 Å². The molecule has 1 atom stereocenters. The summed E-state index contributed by atoms with van der Waals surface area (Å²) in [5, 5.41) is 12.3. The van der Waals surface area contributed by atoms with Crippen LogP contribution in [-0.4, -0.2) is 33.0 Å². The van der Waals surface area contributed by atoms with E-state index in [0.29, 0.717) is 6.04 Å². The van der Waals surface area contributed by atoms with E-state index in [-0.39, 0.29) is 0 Å². The third-order valence-electron chi connectivity index (χ3n) is 3.31. The highest BCUT2D eigenvalue weighted by molar-refractivity contribution is 9.10. The van der Waals surface area contributed by atoms with E-state index in [1.807, 2.05) is 18.8 Å². The third kappa shape index (κ3) is 3.23. The highest BCUT2D eigenvalue weighted by atomic mass is 79.9. The summed E-state index contributed by atoms with van der Waals surface area (Å²) >= 11 is 5.55. The van der Waals surface area contributed by atoms with E-state index < -0.39 is 0 Å². The van der Waals surface area contributed by atoms with Crippen LogP contribution in [0.15, 0.2) is 4.60 Å². The molecule has 1 aromatic rings. The smallest absolute Gasteiger partial charge is 0.153 e. The van der Waals surface area contributed by atoms with Crippen molar-refractivity contribution in [1.29, 1.82) is 0 Å². The van der Waals surface area contributed by atoms with E-state index in [4.69, 9.17) is 0 Å². The van der Waals surface area contributed by atoms with Gasteiger partial charge in [0.2, 0.25) is 0 Å². The van der Waals surface area contributed by atoms with Crippen LogP contribution < -0.4 is 5.32 Å². The second-order valence-corrected chi connectivity index (χ2v) is 6.55. The van der Waals surface area contributed by atoms with Gasteiger partial charge in [-0.25, -0.2) is 4.68 Å². The molecule has 0 aliphatic heterocycles. The highest BCUT2D eigenvalue weighted by Crippen LogP contribution is 2.32. The molecule has 1 fully saturated rings. The van der Waals surface area contributed by atoms with Gasteiger partial charge in [-0.2, -0.15) is 11.8 Å². The van der Waals surface area contributed by atoms with Gasteiger partial charge in [-0.15, -0.1) is 5.10 Å². The summed E-state index contributed by atoms with van der Waals surface area (Å²) in [5.41, 5.74) is 1.14. The molecule has 17 heavy (non-hydrogen) atoms. The van der Waals surface area contributed by atoms with Gasteiger partial charge in [0.25, 0.3) is 0 Å². The van der Waals surface area contributed by atoms with Gasteiger partial charge < -0.3 is 5.32 Å². The number of hydrogen-bond acceptors (Lipinski definition) is 4. The van der Waals surface area contributed by atoms with E-state index >= 15 is 0 Å². The molecule has 6 heteroatoms. The van der Waals surface area contributed by atoms with Gasteiger partial charge in [0, 0.05) is 18.1 Å². The number of aromatic nitrogens is 3. The SMILES string of the molecule is CNC(CSC1CCCC1)c1c(Br)nnn1C. The Kier molecular flexibility index (Phi) is 4.87. The van der Waals surface area contributed by atoms with Gasteiger partial charge in [0.1, 0.15) is 0 Å². The summed E-state index contributed by atoms with van der Waals surface area (Å²) in [6, 6.07) is 0.315. The molecule has 2 rings (SSSR count). The van der Waals surface area contributed by atoms with Crippen molar-refractivity contribution in [2.24, 2.45) is 7.05 Å². The molecule has 1 aromatic heterocycles. The second kappa shape index (κ2) is 6.20. The second-order valence-electron chi connectivity index (χ2n) is 4.47. The van der Waals surface area contributed by atoms with Crippen LogP contribution in [0.4, 0.5) is 0 Å². The minimum absolute atomic E-state index is 0.315. The molecule has 0 radical (unpaired) electrons. The largest absolute Gasteiger partial charge is 0.311 e. The maximum Gasteiger partial charge on any atom is 0.153 e. The lowest BCUT2D eigenvalue weighted by Crippen LogP contribution is -2.23. The van der Waals surface area contributed by atoms with E-state index in [2.05, 4.69) is 43.3 Å². The number of hydrogen-bond donors (Lipinski definition) is 1. The van der Waals surface area contributed by atoms with Crippen molar-refractivity contribution in [3.63, 3.8) is 0 Å². The summed E-state index contributed by atoms with van der Waals surface area (Å²) < 4.78 is 2.70. The lowest BCUT2D eigenvalue weighted by molar-refractivity contribution is 0.578. The summed E-state index contributed by atoms with van der Waals surface area (Å²) in [7, 11) is 3.94. The van der Waals surface area contributed by atoms with Gasteiger partial charge in [-0.3, -0.25) is 0 Å². The van der Waals surface area contributed by atoms with Crippen molar-refractivity contribution in [2.75, 3.05) is 12.8 Å². The number of nitrogens with one attached hydrogen (secondary N) is 1. The Bertz CT molecular complexity index is 343. The third-order valence-corrected chi connectivity index (χ3v) is 5.34. The fourth-order valence-corrected chi connectivity index (χ4v) is 4.35. The van der Waals surface area contributed by atoms with Crippen LogP contribution >= 0.6 is 27.7 Å². The molecule has 1 N–H and O–H groups in total. The Hall–Kier alpha value is -0.0700. The van der Waals surface area contributed by atoms with E-state index in [1.165, 1.54) is 25.7 Å². The van der Waals surface area contributed by atoms with Crippen LogP contribution in [0.5, 0.6) is 0 Å². The topological polar surface area (TPSA) is 42.7 Å². The zero-order chi connectivity index (χ0) is 12.3. The average Bonchev–Trinajstić information content (AvgIpc) is 2.93. The first-order valence-electron chi connectivity index (χ1n) is 6.06. The lowest BCUT2D eigenvalue weighted by Gasteiger charge is -2.18. The molecule has 0 amide bonds. The van der Waals surface area contributed by atoms with Crippen molar-refractivity contribution in [3.8, 4) is 0 Å². The van der Waals surface area contributed by atoms with Crippen LogP contribution in [0.25, 0.3) is 0 Å². The Balaban J connectivity index is 1.96. The van der Waals surface area contributed by atoms with Crippen LogP contribution in [-0.2, 0) is 7.05 Å². The van der Waals surface area contributed by atoms with Gasteiger partial charge in [0.15, 0.2) is 4.60 Å². The van der Waals surface area contributed by atoms with Crippen molar-refractivity contribution < 1.29 is 0 Å². The fourth-order valence-electron chi connectivity index (χ4n) is 2.29. The minimum Gasteiger partial charge on any atom is -0.311 e. The molecule has 1 aliphatic rings. The maximum atomic E-state index is 4.05. The standard InChI is InChI=1S/C11H19BrN4S/c1-13-9(7-17-8-5-3-4-6-8)10-11(12)14-15-16(10)2/h8-9,13H,3-7H2,1-2H3. The van der Waals surface area contributed by atoms with Crippen LogP contribution in [0.3, 0.4) is 0 Å². The van der Waals surface area contributed by atoms with Gasteiger partial charge in [-0.05, 0) is 35.8 Å². The van der Waals surface area contributed by atoms with E-state index in [0.717, 1.165) is 21.3 Å². The molecule has 0 bridgehead atoms. The number of thioether (sulfide) groups is 1. The molecule has 0 aromatic carbocycles. The molecule has 0 saturated heterocycles. The monoisotopic (exact) mass is 318 g/mol. The Morgan fingerprint density at radius 2 is 2.24 bits per heavy atom. The van der Waals surface area contributed by atoms with Crippen molar-refractivity contribution >= 4 is 27.7 Å². The Labute approximate surface area is 115 Å². The lowest BCUT2D eigenvalue weighted by atomic mass is 10.2. The molecule has 96 valence electrons. The van der Waals surface area contributed by atoms with E-state index in [1.54, 1.807) is 0 Å². The van der Waals surface area contributed by atoms with E-state index in [9.17, 15) is 0 Å². The molecule has 1 saturated carbocycles. The van der Waals surface area contributed by atoms with Crippen molar-refractivity contribution in [1.82, 2.24) is 20.3 Å². The molecule has 1 aliphatic carbocycles. The maximum absolute atomic E-state index is 4.05. The van der Waals surface area contributed by atoms with Crippen LogP contribution in [0.1, 0.15) is 37.4 Å². The zero-order valence-corrected chi connectivity index (χ0v) is 12.7. The fraction of sp³-hybridized carbons (Fsp3) is 0.818. The molecular formula is C11H19BrN4S. The number of halogens is 1. The normalized spacial score (nSPS) is 18.8. The molecular weight excluding hydrogens is 300 g/mol. The predicted octanol–water partition coefficient (Wildman–Crippen LogP) is 2.51.